The first kappa shape index (κ1) is 14.6. The van der Waals surface area contributed by atoms with Crippen LogP contribution in [0.4, 0.5) is 5.00 Å². The standard InChI is InChI=1S/C12H17ClN2O3S/c1-12(2,3)18-11(16)9-8(13)10(19-14-9)15-4-6-17-7-5-15/h4-7H2,1-3H3. The molecule has 0 aromatic carbocycles. The summed E-state index contributed by atoms with van der Waals surface area (Å²) >= 11 is 7.47. The minimum absolute atomic E-state index is 0.197. The highest BCUT2D eigenvalue weighted by Gasteiger charge is 2.27. The molecule has 0 spiro atoms. The van der Waals surface area contributed by atoms with Gasteiger partial charge < -0.3 is 14.4 Å². The van der Waals surface area contributed by atoms with Crippen LogP contribution in [0.1, 0.15) is 31.3 Å². The van der Waals surface area contributed by atoms with Gasteiger partial charge in [-0.3, -0.25) is 0 Å². The highest BCUT2D eigenvalue weighted by molar-refractivity contribution is 7.11. The zero-order valence-corrected chi connectivity index (χ0v) is 12.8. The fourth-order valence-electron chi connectivity index (χ4n) is 1.69. The van der Waals surface area contributed by atoms with Gasteiger partial charge in [0, 0.05) is 13.1 Å². The Labute approximate surface area is 121 Å². The van der Waals surface area contributed by atoms with Gasteiger partial charge in [-0.05, 0) is 32.3 Å². The Morgan fingerprint density at radius 3 is 2.63 bits per heavy atom. The quantitative estimate of drug-likeness (QED) is 0.786. The number of hydrogen-bond donors (Lipinski definition) is 0. The molecule has 0 radical (unpaired) electrons. The van der Waals surface area contributed by atoms with E-state index in [9.17, 15) is 4.79 Å². The second-order valence-corrected chi connectivity index (χ2v) is 6.38. The molecule has 1 fully saturated rings. The summed E-state index contributed by atoms with van der Waals surface area (Å²) in [5.41, 5.74) is -0.355. The van der Waals surface area contributed by atoms with Crippen molar-refractivity contribution in [2.24, 2.45) is 0 Å². The van der Waals surface area contributed by atoms with Crippen LogP contribution in [0, 0.1) is 0 Å². The second-order valence-electron chi connectivity index (χ2n) is 5.25. The summed E-state index contributed by atoms with van der Waals surface area (Å²) in [5.74, 6) is -0.478. The Kier molecular flexibility index (Phi) is 4.32. The van der Waals surface area contributed by atoms with Gasteiger partial charge in [-0.1, -0.05) is 11.6 Å². The van der Waals surface area contributed by atoms with Gasteiger partial charge in [0.05, 0.1) is 13.2 Å². The number of carbonyl (C=O) groups excluding carboxylic acids is 1. The van der Waals surface area contributed by atoms with Crippen molar-refractivity contribution in [3.8, 4) is 0 Å². The number of aromatic nitrogens is 1. The maximum absolute atomic E-state index is 12.0. The highest BCUT2D eigenvalue weighted by Crippen LogP contribution is 2.34. The number of carbonyl (C=O) groups is 1. The number of morpholine rings is 1. The molecule has 7 heteroatoms. The topological polar surface area (TPSA) is 51.7 Å². The summed E-state index contributed by atoms with van der Waals surface area (Å²) in [6.07, 6.45) is 0. The van der Waals surface area contributed by atoms with Gasteiger partial charge in [-0.25, -0.2) is 4.79 Å². The molecule has 1 aromatic rings. The lowest BCUT2D eigenvalue weighted by atomic mass is 10.2. The van der Waals surface area contributed by atoms with Crippen molar-refractivity contribution in [2.45, 2.75) is 26.4 Å². The van der Waals surface area contributed by atoms with Crippen molar-refractivity contribution in [1.29, 1.82) is 0 Å². The highest BCUT2D eigenvalue weighted by atomic mass is 35.5. The van der Waals surface area contributed by atoms with E-state index in [1.165, 1.54) is 11.5 Å². The third kappa shape index (κ3) is 3.58. The summed E-state index contributed by atoms with van der Waals surface area (Å²) in [6.45, 7) is 8.29. The van der Waals surface area contributed by atoms with E-state index < -0.39 is 11.6 Å². The first-order valence-electron chi connectivity index (χ1n) is 6.10. The van der Waals surface area contributed by atoms with Crippen molar-refractivity contribution in [1.82, 2.24) is 4.37 Å². The van der Waals surface area contributed by atoms with Crippen LogP contribution in [0.2, 0.25) is 5.02 Å². The van der Waals surface area contributed by atoms with Crippen LogP contribution < -0.4 is 4.90 Å². The summed E-state index contributed by atoms with van der Waals surface area (Å²) in [7, 11) is 0. The molecule has 2 heterocycles. The van der Waals surface area contributed by atoms with Crippen LogP contribution in [-0.4, -0.2) is 42.2 Å². The van der Waals surface area contributed by atoms with Crippen molar-refractivity contribution >= 4 is 34.1 Å². The smallest absolute Gasteiger partial charge is 0.360 e. The van der Waals surface area contributed by atoms with E-state index in [0.717, 1.165) is 18.1 Å². The van der Waals surface area contributed by atoms with E-state index in [2.05, 4.69) is 9.27 Å². The molecule has 0 unspecified atom stereocenters. The number of esters is 1. The van der Waals surface area contributed by atoms with Crippen LogP contribution in [-0.2, 0) is 9.47 Å². The van der Waals surface area contributed by atoms with Gasteiger partial charge in [0.15, 0.2) is 5.69 Å². The zero-order chi connectivity index (χ0) is 14.0. The molecule has 0 N–H and O–H groups in total. The minimum Gasteiger partial charge on any atom is -0.455 e. The van der Waals surface area contributed by atoms with E-state index in [0.29, 0.717) is 18.2 Å². The van der Waals surface area contributed by atoms with Gasteiger partial charge in [0.1, 0.15) is 15.6 Å². The van der Waals surface area contributed by atoms with Gasteiger partial charge in [0.25, 0.3) is 0 Å². The lowest BCUT2D eigenvalue weighted by Gasteiger charge is -2.27. The number of anilines is 1. The molecule has 0 aliphatic carbocycles. The summed E-state index contributed by atoms with van der Waals surface area (Å²) in [4.78, 5) is 14.1. The van der Waals surface area contributed by atoms with Crippen molar-refractivity contribution < 1.29 is 14.3 Å². The lowest BCUT2D eigenvalue weighted by Crippen LogP contribution is -2.35. The summed E-state index contributed by atoms with van der Waals surface area (Å²) in [6, 6.07) is 0. The average molecular weight is 305 g/mol. The summed E-state index contributed by atoms with van der Waals surface area (Å²) in [5, 5.41) is 1.19. The molecule has 19 heavy (non-hydrogen) atoms. The maximum Gasteiger partial charge on any atom is 0.360 e. The number of halogens is 1. The van der Waals surface area contributed by atoms with Gasteiger partial charge >= 0.3 is 5.97 Å². The SMILES string of the molecule is CC(C)(C)OC(=O)c1nsc(N2CCOCC2)c1Cl. The molecular weight excluding hydrogens is 288 g/mol. The normalized spacial score (nSPS) is 16.5. The van der Waals surface area contributed by atoms with Gasteiger partial charge in [0.2, 0.25) is 0 Å². The van der Waals surface area contributed by atoms with Crippen molar-refractivity contribution in [3.63, 3.8) is 0 Å². The Hall–Kier alpha value is -0.850. The number of rotatable bonds is 2. The first-order chi connectivity index (χ1) is 8.88. The molecule has 1 aromatic heterocycles. The molecule has 1 saturated heterocycles. The molecule has 1 aliphatic rings. The zero-order valence-electron chi connectivity index (χ0n) is 11.2. The Balaban J connectivity index is 2.15. The predicted octanol–water partition coefficient (Wildman–Crippen LogP) is 2.59. The molecular formula is C12H17ClN2O3S. The number of hydrogen-bond acceptors (Lipinski definition) is 6. The minimum atomic E-state index is -0.552. The Morgan fingerprint density at radius 1 is 1.42 bits per heavy atom. The van der Waals surface area contributed by atoms with E-state index in [-0.39, 0.29) is 5.69 Å². The lowest BCUT2D eigenvalue weighted by molar-refractivity contribution is 0.00645. The third-order valence-electron chi connectivity index (χ3n) is 2.51. The Bertz CT molecular complexity index is 464. The second kappa shape index (κ2) is 5.64. The molecule has 0 amide bonds. The van der Waals surface area contributed by atoms with Gasteiger partial charge in [-0.2, -0.15) is 4.37 Å². The van der Waals surface area contributed by atoms with E-state index >= 15 is 0 Å². The fourth-order valence-corrected chi connectivity index (χ4v) is 2.90. The van der Waals surface area contributed by atoms with Crippen LogP contribution in [0.5, 0.6) is 0 Å². The van der Waals surface area contributed by atoms with E-state index in [1.807, 2.05) is 20.8 Å². The fraction of sp³-hybridized carbons (Fsp3) is 0.667. The maximum atomic E-state index is 12.0. The third-order valence-corrected chi connectivity index (χ3v) is 3.89. The van der Waals surface area contributed by atoms with Gasteiger partial charge in [-0.15, -0.1) is 0 Å². The van der Waals surface area contributed by atoms with Crippen LogP contribution in [0.15, 0.2) is 0 Å². The average Bonchev–Trinajstić information content (AvgIpc) is 2.70. The van der Waals surface area contributed by atoms with Crippen LogP contribution in [0.3, 0.4) is 0 Å². The largest absolute Gasteiger partial charge is 0.455 e. The molecule has 5 nitrogen and oxygen atoms in total. The van der Waals surface area contributed by atoms with E-state index in [4.69, 9.17) is 21.1 Å². The number of ether oxygens (including phenoxy) is 2. The monoisotopic (exact) mass is 304 g/mol. The number of nitrogens with zero attached hydrogens (tertiary/aromatic N) is 2. The van der Waals surface area contributed by atoms with Crippen molar-refractivity contribution in [3.05, 3.63) is 10.7 Å². The molecule has 2 rings (SSSR count). The van der Waals surface area contributed by atoms with Crippen LogP contribution in [0.25, 0.3) is 0 Å². The molecule has 0 atom stereocenters. The first-order valence-corrected chi connectivity index (χ1v) is 7.25. The van der Waals surface area contributed by atoms with Crippen LogP contribution >= 0.6 is 23.1 Å². The van der Waals surface area contributed by atoms with E-state index in [1.54, 1.807) is 0 Å². The summed E-state index contributed by atoms with van der Waals surface area (Å²) < 4.78 is 14.7. The molecule has 106 valence electrons. The van der Waals surface area contributed by atoms with Crippen molar-refractivity contribution in [2.75, 3.05) is 31.2 Å². The molecule has 0 bridgehead atoms. The molecule has 1 aliphatic heterocycles. The molecule has 0 saturated carbocycles. The Morgan fingerprint density at radius 2 is 2.05 bits per heavy atom. The predicted molar refractivity (Wildman–Crippen MR) is 75.3 cm³/mol.